The normalized spacial score (nSPS) is 34.7. The molecule has 0 aliphatic carbocycles. The van der Waals surface area contributed by atoms with Gasteiger partial charge in [0.1, 0.15) is 23.0 Å². The first kappa shape index (κ1) is 27.4. The molecular formula is C27H35ClN2O7. The van der Waals surface area contributed by atoms with Crippen molar-refractivity contribution in [2.75, 3.05) is 19.1 Å². The van der Waals surface area contributed by atoms with Crippen molar-refractivity contribution in [1.82, 2.24) is 5.32 Å². The highest BCUT2D eigenvalue weighted by Gasteiger charge is 2.58. The standard InChI is InChI=1S/C27H35ClN2O7/c1-15-7-6-8-21(31)27(34)14-20(36-25(33)29-27)16(2)24-26(3,37-24)10-9-22(32)30(4)18-12-17(11-15)13-19(35-5)23(18)28/h6-8,12-13,16,20-21,24,31,34H,9-11,14H2,1-5H3,(H,29,33). The predicted octanol–water partition coefficient (Wildman–Crippen LogP) is 3.49. The van der Waals surface area contributed by atoms with Gasteiger partial charge in [-0.15, -0.1) is 0 Å². The lowest BCUT2D eigenvalue weighted by Crippen LogP contribution is -2.63. The number of halogens is 1. The first-order valence-corrected chi connectivity index (χ1v) is 12.8. The maximum atomic E-state index is 13.2. The zero-order chi connectivity index (χ0) is 27.1. The summed E-state index contributed by atoms with van der Waals surface area (Å²) < 4.78 is 16.9. The van der Waals surface area contributed by atoms with E-state index in [1.807, 2.05) is 32.9 Å². The Morgan fingerprint density at radius 2 is 2.03 bits per heavy atom. The van der Waals surface area contributed by atoms with Crippen LogP contribution in [0.5, 0.6) is 5.75 Å². The van der Waals surface area contributed by atoms with Gasteiger partial charge in [0.05, 0.1) is 24.5 Å². The van der Waals surface area contributed by atoms with Crippen LogP contribution in [0, 0.1) is 5.92 Å². The van der Waals surface area contributed by atoms with Crippen LogP contribution in [0.25, 0.3) is 0 Å². The van der Waals surface area contributed by atoms with E-state index < -0.39 is 29.6 Å². The number of nitrogens with zero attached hydrogens (tertiary/aromatic N) is 1. The second kappa shape index (κ2) is 10.3. The van der Waals surface area contributed by atoms with Gasteiger partial charge in [0, 0.05) is 25.8 Å². The number of rotatable bonds is 1. The highest BCUT2D eigenvalue weighted by atomic mass is 35.5. The molecule has 0 saturated carbocycles. The van der Waals surface area contributed by atoms with Gasteiger partial charge in [-0.1, -0.05) is 42.3 Å². The molecular weight excluding hydrogens is 500 g/mol. The number of epoxide rings is 1. The summed E-state index contributed by atoms with van der Waals surface area (Å²) in [6.45, 7) is 5.72. The number of hydrogen-bond acceptors (Lipinski definition) is 7. The van der Waals surface area contributed by atoms with Crippen molar-refractivity contribution >= 4 is 29.3 Å². The van der Waals surface area contributed by atoms with Crippen molar-refractivity contribution in [3.8, 4) is 5.75 Å². The van der Waals surface area contributed by atoms with Crippen molar-refractivity contribution < 1.29 is 34.0 Å². The molecule has 2 fully saturated rings. The third-order valence-electron chi connectivity index (χ3n) is 7.61. The van der Waals surface area contributed by atoms with E-state index in [0.29, 0.717) is 29.3 Å². The molecule has 0 radical (unpaired) electrons. The minimum Gasteiger partial charge on any atom is -0.495 e. The van der Waals surface area contributed by atoms with Gasteiger partial charge in [-0.25, -0.2) is 4.79 Å². The van der Waals surface area contributed by atoms with E-state index in [2.05, 4.69) is 5.32 Å². The predicted molar refractivity (Wildman–Crippen MR) is 139 cm³/mol. The number of amides is 2. The van der Waals surface area contributed by atoms with E-state index in [4.69, 9.17) is 25.8 Å². The quantitative estimate of drug-likeness (QED) is 0.471. The van der Waals surface area contributed by atoms with Gasteiger partial charge in [0.15, 0.2) is 5.72 Å². The summed E-state index contributed by atoms with van der Waals surface area (Å²) in [5.74, 6) is 0.0735. The van der Waals surface area contributed by atoms with Gasteiger partial charge in [0.2, 0.25) is 5.91 Å². The van der Waals surface area contributed by atoms with Crippen molar-refractivity contribution in [2.45, 2.75) is 76.1 Å². The molecule has 0 aromatic heterocycles. The molecule has 3 heterocycles. The van der Waals surface area contributed by atoms with E-state index in [0.717, 1.165) is 11.1 Å². The van der Waals surface area contributed by atoms with Gasteiger partial charge in [-0.3, -0.25) is 10.1 Å². The number of allylic oxidation sites excluding steroid dienone is 3. The van der Waals surface area contributed by atoms with Gasteiger partial charge < -0.3 is 29.3 Å². The number of aliphatic hydroxyl groups excluding tert-OH is 1. The Hall–Kier alpha value is -2.59. The second-order valence-electron chi connectivity index (χ2n) is 10.5. The molecule has 10 heteroatoms. The summed E-state index contributed by atoms with van der Waals surface area (Å²) in [4.78, 5) is 27.0. The number of methoxy groups -OCH3 is 1. The minimum atomic E-state index is -1.89. The molecule has 2 amide bonds. The number of ether oxygens (including phenoxy) is 3. The summed E-state index contributed by atoms with van der Waals surface area (Å²) in [7, 11) is 3.22. The molecule has 4 bridgehead atoms. The molecule has 3 aliphatic heterocycles. The zero-order valence-electron chi connectivity index (χ0n) is 21.8. The third kappa shape index (κ3) is 5.65. The van der Waals surface area contributed by atoms with Crippen LogP contribution in [0.3, 0.4) is 0 Å². The molecule has 1 aromatic carbocycles. The number of fused-ring (bicyclic) bond motifs is 5. The summed E-state index contributed by atoms with van der Waals surface area (Å²) in [5.41, 5.74) is -0.0838. The summed E-state index contributed by atoms with van der Waals surface area (Å²) in [5, 5.41) is 24.6. The molecule has 202 valence electrons. The average molecular weight is 535 g/mol. The fourth-order valence-corrected chi connectivity index (χ4v) is 5.52. The lowest BCUT2D eigenvalue weighted by Gasteiger charge is -2.40. The van der Waals surface area contributed by atoms with Crippen LogP contribution in [-0.2, 0) is 20.7 Å². The summed E-state index contributed by atoms with van der Waals surface area (Å²) in [6.07, 6.45) is 2.94. The number of carbonyl (C=O) groups is 2. The Morgan fingerprint density at radius 3 is 2.73 bits per heavy atom. The van der Waals surface area contributed by atoms with Crippen LogP contribution in [0.4, 0.5) is 10.5 Å². The number of aliphatic hydroxyl groups is 2. The Kier molecular flexibility index (Phi) is 7.63. The van der Waals surface area contributed by atoms with E-state index in [1.54, 1.807) is 19.2 Å². The molecule has 1 aromatic rings. The van der Waals surface area contributed by atoms with E-state index in [1.165, 1.54) is 18.1 Å². The molecule has 9 nitrogen and oxygen atoms in total. The number of benzene rings is 1. The zero-order valence-corrected chi connectivity index (χ0v) is 22.5. The SMILES string of the molecule is COc1cc2cc(c1Cl)N(C)C(=O)CCC1(C)OC1C(C)C1CC(O)(NC(=O)O1)C(O)C=CC=C(C)C2. The number of carbonyl (C=O) groups excluding carboxylic acids is 2. The topological polar surface area (TPSA) is 121 Å². The van der Waals surface area contributed by atoms with Crippen molar-refractivity contribution in [3.63, 3.8) is 0 Å². The average Bonchev–Trinajstić information content (AvgIpc) is 3.52. The first-order valence-electron chi connectivity index (χ1n) is 12.4. The van der Waals surface area contributed by atoms with Crippen LogP contribution in [0.15, 0.2) is 35.9 Å². The van der Waals surface area contributed by atoms with E-state index >= 15 is 0 Å². The molecule has 0 spiro atoms. The van der Waals surface area contributed by atoms with Crippen LogP contribution < -0.4 is 15.0 Å². The van der Waals surface area contributed by atoms with Crippen LogP contribution in [-0.4, -0.2) is 66.0 Å². The monoisotopic (exact) mass is 534 g/mol. The largest absolute Gasteiger partial charge is 0.495 e. The molecule has 3 N–H and O–H groups in total. The number of alkyl carbamates (subject to hydrolysis) is 1. The lowest BCUT2D eigenvalue weighted by atomic mass is 9.84. The van der Waals surface area contributed by atoms with Crippen LogP contribution >= 0.6 is 11.6 Å². The molecule has 2 saturated heterocycles. The Labute approximate surface area is 222 Å². The number of anilines is 1. The summed E-state index contributed by atoms with van der Waals surface area (Å²) in [6, 6.07) is 3.69. The van der Waals surface area contributed by atoms with Crippen molar-refractivity contribution in [2.24, 2.45) is 5.92 Å². The van der Waals surface area contributed by atoms with E-state index in [-0.39, 0.29) is 30.8 Å². The molecule has 37 heavy (non-hydrogen) atoms. The number of nitrogens with one attached hydrogen (secondary N) is 1. The minimum absolute atomic E-state index is 0.0180. The highest BCUT2D eigenvalue weighted by Crippen LogP contribution is 2.47. The fraction of sp³-hybridized carbons (Fsp3) is 0.556. The third-order valence-corrected chi connectivity index (χ3v) is 7.99. The highest BCUT2D eigenvalue weighted by molar-refractivity contribution is 6.35. The Morgan fingerprint density at radius 1 is 1.30 bits per heavy atom. The van der Waals surface area contributed by atoms with Crippen molar-refractivity contribution in [1.29, 1.82) is 0 Å². The summed E-state index contributed by atoms with van der Waals surface area (Å²) >= 11 is 6.58. The molecule has 6 unspecified atom stereocenters. The first-order chi connectivity index (χ1) is 17.4. The van der Waals surface area contributed by atoms with E-state index in [9.17, 15) is 19.8 Å². The second-order valence-corrected chi connectivity index (χ2v) is 10.9. The molecule has 3 aliphatic rings. The van der Waals surface area contributed by atoms with Crippen LogP contribution in [0.1, 0.15) is 45.6 Å². The Bertz CT molecular complexity index is 1140. The maximum absolute atomic E-state index is 13.2. The van der Waals surface area contributed by atoms with Crippen molar-refractivity contribution in [3.05, 3.63) is 46.5 Å². The molecule has 4 rings (SSSR count). The fourth-order valence-electron chi connectivity index (χ4n) is 5.20. The van der Waals surface area contributed by atoms with Gasteiger partial charge >= 0.3 is 6.09 Å². The van der Waals surface area contributed by atoms with Crippen LogP contribution in [0.2, 0.25) is 5.02 Å². The van der Waals surface area contributed by atoms with Gasteiger partial charge in [-0.2, -0.15) is 0 Å². The maximum Gasteiger partial charge on any atom is 0.409 e. The van der Waals surface area contributed by atoms with Gasteiger partial charge in [0.25, 0.3) is 0 Å². The van der Waals surface area contributed by atoms with Gasteiger partial charge in [-0.05, 0) is 44.4 Å². The number of hydrogen-bond donors (Lipinski definition) is 3. The lowest BCUT2D eigenvalue weighted by molar-refractivity contribution is -0.133. The Balaban J connectivity index is 1.69. The molecule has 6 atom stereocenters. The smallest absolute Gasteiger partial charge is 0.409 e.